The number of hydrogen-bond acceptors (Lipinski definition) is 5. The quantitative estimate of drug-likeness (QED) is 0.930. The molecule has 1 amide bonds. The summed E-state index contributed by atoms with van der Waals surface area (Å²) in [5.74, 6) is 1.44. The second-order valence-electron chi connectivity index (χ2n) is 6.22. The van der Waals surface area contributed by atoms with Gasteiger partial charge in [0.2, 0.25) is 0 Å². The van der Waals surface area contributed by atoms with Gasteiger partial charge in [-0.15, -0.1) is 0 Å². The van der Waals surface area contributed by atoms with E-state index < -0.39 is 0 Å². The number of rotatable bonds is 3. The summed E-state index contributed by atoms with van der Waals surface area (Å²) in [6.45, 7) is 7.74. The Bertz CT molecular complexity index is 712. The van der Waals surface area contributed by atoms with Crippen LogP contribution >= 0.6 is 11.3 Å². The fourth-order valence-corrected chi connectivity index (χ4v) is 3.83. The first kappa shape index (κ1) is 15.9. The smallest absolute Gasteiger partial charge is 0.265 e. The Morgan fingerprint density at radius 3 is 2.91 bits per heavy atom. The molecule has 3 heterocycles. The normalized spacial score (nSPS) is 18.0. The van der Waals surface area contributed by atoms with Gasteiger partial charge in [0.25, 0.3) is 5.91 Å². The van der Waals surface area contributed by atoms with Crippen LogP contribution in [0.25, 0.3) is 0 Å². The molecule has 23 heavy (non-hydrogen) atoms. The van der Waals surface area contributed by atoms with Crippen LogP contribution < -0.4 is 5.32 Å². The molecular formula is C17H22N4OS. The van der Waals surface area contributed by atoms with Crippen LogP contribution in [0.4, 0.5) is 10.9 Å². The number of aryl methyl sites for hydroxylation is 2. The molecule has 0 spiro atoms. The summed E-state index contributed by atoms with van der Waals surface area (Å²) in [5.41, 5.74) is 1.73. The molecule has 5 nitrogen and oxygen atoms in total. The zero-order chi connectivity index (χ0) is 16.4. The molecule has 3 rings (SSSR count). The van der Waals surface area contributed by atoms with E-state index in [1.807, 2.05) is 36.9 Å². The first-order valence-electron chi connectivity index (χ1n) is 8.00. The van der Waals surface area contributed by atoms with Crippen LogP contribution in [0.1, 0.15) is 40.8 Å². The zero-order valence-corrected chi connectivity index (χ0v) is 14.6. The highest BCUT2D eigenvalue weighted by Crippen LogP contribution is 2.28. The second kappa shape index (κ2) is 6.66. The fraction of sp³-hybridized carbons (Fsp3) is 0.471. The van der Waals surface area contributed by atoms with Gasteiger partial charge in [-0.05, 0) is 44.7 Å². The Morgan fingerprint density at radius 1 is 1.35 bits per heavy atom. The van der Waals surface area contributed by atoms with Crippen molar-refractivity contribution in [1.29, 1.82) is 0 Å². The van der Waals surface area contributed by atoms with Crippen molar-refractivity contribution in [1.82, 2.24) is 14.9 Å². The van der Waals surface area contributed by atoms with Gasteiger partial charge in [0.05, 0.1) is 5.69 Å². The van der Waals surface area contributed by atoms with Crippen molar-refractivity contribution in [2.45, 2.75) is 33.6 Å². The van der Waals surface area contributed by atoms with Crippen LogP contribution in [0.2, 0.25) is 0 Å². The number of anilines is 2. The molecule has 122 valence electrons. The monoisotopic (exact) mass is 330 g/mol. The van der Waals surface area contributed by atoms with E-state index in [0.29, 0.717) is 11.0 Å². The van der Waals surface area contributed by atoms with Crippen LogP contribution in [0.15, 0.2) is 18.2 Å². The molecule has 2 aromatic rings. The number of nitrogens with one attached hydrogen (secondary N) is 1. The summed E-state index contributed by atoms with van der Waals surface area (Å²) < 4.78 is 0. The van der Waals surface area contributed by atoms with Crippen molar-refractivity contribution in [2.75, 3.05) is 18.4 Å². The van der Waals surface area contributed by atoms with Gasteiger partial charge in [-0.1, -0.05) is 24.3 Å². The van der Waals surface area contributed by atoms with E-state index in [1.54, 1.807) is 0 Å². The van der Waals surface area contributed by atoms with E-state index in [9.17, 15) is 4.79 Å². The largest absolute Gasteiger partial charge is 0.338 e. The number of nitrogens with zero attached hydrogens (tertiary/aromatic N) is 3. The molecule has 1 fully saturated rings. The van der Waals surface area contributed by atoms with Crippen LogP contribution in [-0.4, -0.2) is 33.9 Å². The highest BCUT2D eigenvalue weighted by Gasteiger charge is 2.25. The van der Waals surface area contributed by atoms with Crippen LogP contribution in [-0.2, 0) is 0 Å². The molecule has 0 bridgehead atoms. The Balaban J connectivity index is 1.76. The minimum Gasteiger partial charge on any atom is -0.338 e. The lowest BCUT2D eigenvalue weighted by Crippen LogP contribution is -2.39. The van der Waals surface area contributed by atoms with Gasteiger partial charge in [-0.2, -0.15) is 0 Å². The van der Waals surface area contributed by atoms with Crippen molar-refractivity contribution in [3.05, 3.63) is 34.5 Å². The van der Waals surface area contributed by atoms with Crippen molar-refractivity contribution in [2.24, 2.45) is 5.92 Å². The molecular weight excluding hydrogens is 308 g/mol. The molecule has 1 atom stereocenters. The second-order valence-corrected chi connectivity index (χ2v) is 7.22. The van der Waals surface area contributed by atoms with Gasteiger partial charge >= 0.3 is 0 Å². The average molecular weight is 330 g/mol. The number of thiazole rings is 1. The van der Waals surface area contributed by atoms with E-state index >= 15 is 0 Å². The summed E-state index contributed by atoms with van der Waals surface area (Å²) >= 11 is 1.41. The van der Waals surface area contributed by atoms with E-state index in [1.165, 1.54) is 17.8 Å². The number of piperidine rings is 1. The maximum Gasteiger partial charge on any atom is 0.265 e. The molecule has 1 N–H and O–H groups in total. The lowest BCUT2D eigenvalue weighted by atomic mass is 10.0. The topological polar surface area (TPSA) is 58.1 Å². The Hall–Kier alpha value is -1.95. The summed E-state index contributed by atoms with van der Waals surface area (Å²) in [7, 11) is 0. The molecule has 1 unspecified atom stereocenters. The molecule has 0 saturated carbocycles. The highest BCUT2D eigenvalue weighted by molar-refractivity contribution is 7.17. The summed E-state index contributed by atoms with van der Waals surface area (Å²) in [6, 6.07) is 5.80. The van der Waals surface area contributed by atoms with E-state index in [4.69, 9.17) is 0 Å². The first-order valence-corrected chi connectivity index (χ1v) is 8.82. The molecule has 0 radical (unpaired) electrons. The van der Waals surface area contributed by atoms with Crippen LogP contribution in [0.5, 0.6) is 0 Å². The molecule has 0 aromatic carbocycles. The predicted octanol–water partition coefficient (Wildman–Crippen LogP) is 3.77. The molecule has 0 aliphatic carbocycles. The number of amides is 1. The number of carbonyl (C=O) groups is 1. The van der Waals surface area contributed by atoms with Gasteiger partial charge in [-0.3, -0.25) is 4.79 Å². The minimum absolute atomic E-state index is 0.108. The van der Waals surface area contributed by atoms with Crippen LogP contribution in [0, 0.1) is 19.8 Å². The number of carbonyl (C=O) groups excluding carboxylic acids is 1. The minimum atomic E-state index is 0.108. The van der Waals surface area contributed by atoms with Crippen molar-refractivity contribution in [3.8, 4) is 0 Å². The summed E-state index contributed by atoms with van der Waals surface area (Å²) in [5, 5.41) is 3.91. The maximum absolute atomic E-state index is 12.7. The number of likely N-dealkylation sites (tertiary alicyclic amines) is 1. The highest BCUT2D eigenvalue weighted by atomic mass is 32.1. The van der Waals surface area contributed by atoms with Crippen molar-refractivity contribution in [3.63, 3.8) is 0 Å². The fourth-order valence-electron chi connectivity index (χ4n) is 2.89. The Labute approximate surface area is 140 Å². The lowest BCUT2D eigenvalue weighted by Gasteiger charge is -2.30. The molecule has 1 aliphatic heterocycles. The maximum atomic E-state index is 12.7. The molecule has 2 aromatic heterocycles. The van der Waals surface area contributed by atoms with Gasteiger partial charge in [0.15, 0.2) is 5.13 Å². The number of aromatic nitrogens is 2. The molecule has 6 heteroatoms. The summed E-state index contributed by atoms with van der Waals surface area (Å²) in [6.07, 6.45) is 2.29. The van der Waals surface area contributed by atoms with Crippen molar-refractivity contribution < 1.29 is 4.79 Å². The average Bonchev–Trinajstić information content (AvgIpc) is 2.87. The van der Waals surface area contributed by atoms with Gasteiger partial charge in [0, 0.05) is 18.8 Å². The Kier molecular flexibility index (Phi) is 4.61. The number of pyridine rings is 1. The standard InChI is InChI=1S/C17H22N4OS/c1-11-6-5-9-21(10-11)16(22)15-13(3)19-17(23-15)20-14-8-4-7-12(2)18-14/h4,7-8,11H,5-6,9-10H2,1-3H3,(H,18,19,20). The SMILES string of the molecule is Cc1cccc(Nc2nc(C)c(C(=O)N3CCCC(C)C3)s2)n1. The van der Waals surface area contributed by atoms with E-state index in [2.05, 4.69) is 22.2 Å². The predicted molar refractivity (Wildman–Crippen MR) is 93.4 cm³/mol. The third kappa shape index (κ3) is 3.69. The zero-order valence-electron chi connectivity index (χ0n) is 13.8. The lowest BCUT2D eigenvalue weighted by molar-refractivity contribution is 0.0687. The third-order valence-corrected chi connectivity index (χ3v) is 5.12. The third-order valence-electron chi connectivity index (χ3n) is 4.06. The summed E-state index contributed by atoms with van der Waals surface area (Å²) in [4.78, 5) is 24.3. The number of hydrogen-bond donors (Lipinski definition) is 1. The van der Waals surface area contributed by atoms with Gasteiger partial charge < -0.3 is 10.2 Å². The van der Waals surface area contributed by atoms with Crippen molar-refractivity contribution >= 4 is 28.2 Å². The van der Waals surface area contributed by atoms with Gasteiger partial charge in [-0.25, -0.2) is 9.97 Å². The first-order chi connectivity index (χ1) is 11.0. The molecule has 1 saturated heterocycles. The van der Waals surface area contributed by atoms with Crippen LogP contribution in [0.3, 0.4) is 0 Å². The van der Waals surface area contributed by atoms with E-state index in [0.717, 1.165) is 41.6 Å². The van der Waals surface area contributed by atoms with Gasteiger partial charge in [0.1, 0.15) is 10.7 Å². The molecule has 1 aliphatic rings. The Morgan fingerprint density at radius 2 is 2.17 bits per heavy atom. The van der Waals surface area contributed by atoms with E-state index in [-0.39, 0.29) is 5.91 Å².